The molecule has 0 bridgehead atoms. The molecule has 2 N–H and O–H groups in total. The molecular weight excluding hydrogens is 387 g/mol. The van der Waals surface area contributed by atoms with Crippen LogP contribution in [0.4, 0.5) is 18.3 Å². The van der Waals surface area contributed by atoms with Crippen LogP contribution in [0, 0.1) is 0 Å². The molecule has 25 heavy (non-hydrogen) atoms. The van der Waals surface area contributed by atoms with Crippen LogP contribution >= 0.6 is 22.9 Å². The highest BCUT2D eigenvalue weighted by molar-refractivity contribution is 7.15. The summed E-state index contributed by atoms with van der Waals surface area (Å²) >= 11 is 5.97. The number of hydrogen-bond donors (Lipinski definition) is 2. The molecule has 0 atom stereocenters. The van der Waals surface area contributed by atoms with Gasteiger partial charge in [0.2, 0.25) is 10.1 Å². The summed E-state index contributed by atoms with van der Waals surface area (Å²) < 4.78 is 42.4. The molecule has 0 spiro atoms. The van der Waals surface area contributed by atoms with Gasteiger partial charge in [-0.05, 0) is 12.1 Å². The Morgan fingerprint density at radius 3 is 2.68 bits per heavy atom. The van der Waals surface area contributed by atoms with E-state index in [0.717, 1.165) is 0 Å². The average molecular weight is 392 g/mol. The maximum Gasteiger partial charge on any atom is 0.445 e. The van der Waals surface area contributed by atoms with Gasteiger partial charge in [-0.3, -0.25) is 10.1 Å². The largest absolute Gasteiger partial charge is 0.506 e. The number of alkyl halides is 3. The number of carbonyl (C=O) groups is 1. The molecule has 2 aromatic heterocycles. The van der Waals surface area contributed by atoms with E-state index in [1.807, 2.05) is 5.32 Å². The number of carbonyl (C=O) groups excluding carboxylic acids is 1. The van der Waals surface area contributed by atoms with Crippen LogP contribution in [0.25, 0.3) is 11.0 Å². The number of aromatic nitrogens is 2. The lowest BCUT2D eigenvalue weighted by atomic mass is 10.1. The van der Waals surface area contributed by atoms with Crippen molar-refractivity contribution in [3.8, 4) is 5.75 Å². The van der Waals surface area contributed by atoms with Crippen molar-refractivity contribution in [2.24, 2.45) is 0 Å². The maximum atomic E-state index is 12.5. The fourth-order valence-electron chi connectivity index (χ4n) is 1.94. The Morgan fingerprint density at radius 1 is 1.32 bits per heavy atom. The second kappa shape index (κ2) is 6.01. The number of fused-ring (bicyclic) bond motifs is 1. The molecule has 0 aliphatic rings. The Morgan fingerprint density at radius 2 is 2.04 bits per heavy atom. The van der Waals surface area contributed by atoms with Crippen molar-refractivity contribution in [2.75, 3.05) is 5.32 Å². The van der Waals surface area contributed by atoms with Gasteiger partial charge in [0.05, 0.1) is 10.4 Å². The Balaban J connectivity index is 2.02. The normalized spacial score (nSPS) is 11.7. The van der Waals surface area contributed by atoms with Crippen molar-refractivity contribution in [3.05, 3.63) is 44.2 Å². The number of nitrogens with zero attached hydrogens (tertiary/aromatic N) is 2. The molecule has 3 aromatic rings. The van der Waals surface area contributed by atoms with E-state index in [4.69, 9.17) is 16.0 Å². The number of halogens is 4. The van der Waals surface area contributed by atoms with Crippen molar-refractivity contribution in [3.63, 3.8) is 0 Å². The first kappa shape index (κ1) is 17.2. The summed E-state index contributed by atoms with van der Waals surface area (Å²) in [5, 5.41) is 16.3. The van der Waals surface area contributed by atoms with Gasteiger partial charge in [-0.15, -0.1) is 10.2 Å². The number of hydrogen-bond acceptors (Lipinski definition) is 7. The molecule has 0 unspecified atom stereocenters. The Hall–Kier alpha value is -2.66. The molecule has 1 aromatic carbocycles. The molecule has 0 aliphatic heterocycles. The molecule has 7 nitrogen and oxygen atoms in total. The number of aromatic hydroxyl groups is 1. The van der Waals surface area contributed by atoms with E-state index in [-0.39, 0.29) is 27.3 Å². The minimum Gasteiger partial charge on any atom is -0.506 e. The fourth-order valence-corrected chi connectivity index (χ4v) is 2.80. The van der Waals surface area contributed by atoms with E-state index in [0.29, 0.717) is 0 Å². The highest BCUT2D eigenvalue weighted by Crippen LogP contribution is 2.34. The quantitative estimate of drug-likeness (QED) is 0.649. The predicted molar refractivity (Wildman–Crippen MR) is 82.0 cm³/mol. The Labute approximate surface area is 144 Å². The molecule has 0 saturated carbocycles. The lowest BCUT2D eigenvalue weighted by molar-refractivity contribution is -0.138. The SMILES string of the molecule is O=C(Nc1nnc(C(F)(F)F)s1)c1c(O)c2c(Cl)cccc2oc1=O. The summed E-state index contributed by atoms with van der Waals surface area (Å²) in [6, 6.07) is 4.21. The van der Waals surface area contributed by atoms with Gasteiger partial charge in [-0.2, -0.15) is 13.2 Å². The van der Waals surface area contributed by atoms with Gasteiger partial charge in [-0.1, -0.05) is 29.0 Å². The molecular formula is C13H5ClF3N3O4S. The number of amides is 1. The van der Waals surface area contributed by atoms with Crippen molar-refractivity contribution >= 4 is 44.9 Å². The van der Waals surface area contributed by atoms with Crippen LogP contribution in [0.2, 0.25) is 5.02 Å². The second-order valence-corrected chi connectivity index (χ2v) is 5.98. The van der Waals surface area contributed by atoms with E-state index >= 15 is 0 Å². The second-order valence-electron chi connectivity index (χ2n) is 4.59. The van der Waals surface area contributed by atoms with Crippen molar-refractivity contribution in [1.82, 2.24) is 10.2 Å². The molecule has 0 aliphatic carbocycles. The molecule has 2 heterocycles. The maximum absolute atomic E-state index is 12.5. The van der Waals surface area contributed by atoms with Gasteiger partial charge < -0.3 is 9.52 Å². The third-order valence-electron chi connectivity index (χ3n) is 2.97. The molecule has 3 rings (SSSR count). The fraction of sp³-hybridized carbons (Fsp3) is 0.0769. The van der Waals surface area contributed by atoms with Gasteiger partial charge >= 0.3 is 11.8 Å². The number of rotatable bonds is 2. The van der Waals surface area contributed by atoms with Gasteiger partial charge in [0, 0.05) is 0 Å². The smallest absolute Gasteiger partial charge is 0.445 e. The van der Waals surface area contributed by atoms with E-state index in [9.17, 15) is 27.9 Å². The summed E-state index contributed by atoms with van der Waals surface area (Å²) in [7, 11) is 0. The van der Waals surface area contributed by atoms with Gasteiger partial charge in [0.15, 0.2) is 5.56 Å². The van der Waals surface area contributed by atoms with Crippen LogP contribution in [0.1, 0.15) is 15.4 Å². The summed E-state index contributed by atoms with van der Waals surface area (Å²) in [5.41, 5.74) is -2.06. The summed E-state index contributed by atoms with van der Waals surface area (Å²) in [6.07, 6.45) is -4.72. The number of nitrogens with one attached hydrogen (secondary N) is 1. The topological polar surface area (TPSA) is 105 Å². The first-order chi connectivity index (χ1) is 11.7. The van der Waals surface area contributed by atoms with Crippen LogP contribution in [0.15, 0.2) is 27.4 Å². The summed E-state index contributed by atoms with van der Waals surface area (Å²) in [4.78, 5) is 24.1. The first-order valence-corrected chi connectivity index (χ1v) is 7.54. The average Bonchev–Trinajstić information content (AvgIpc) is 2.95. The van der Waals surface area contributed by atoms with Gasteiger partial charge in [0.25, 0.3) is 5.91 Å². The number of benzene rings is 1. The van der Waals surface area contributed by atoms with Crippen LogP contribution in [-0.4, -0.2) is 21.2 Å². The number of anilines is 1. The zero-order valence-electron chi connectivity index (χ0n) is 11.7. The summed E-state index contributed by atoms with van der Waals surface area (Å²) in [5.74, 6) is -1.96. The zero-order valence-corrected chi connectivity index (χ0v) is 13.3. The molecule has 130 valence electrons. The molecule has 0 radical (unpaired) electrons. The lowest BCUT2D eigenvalue weighted by Gasteiger charge is -2.06. The van der Waals surface area contributed by atoms with Crippen LogP contribution in [0.3, 0.4) is 0 Å². The Kier molecular flexibility index (Phi) is 4.13. The molecule has 0 saturated heterocycles. The van der Waals surface area contributed by atoms with E-state index in [1.165, 1.54) is 18.2 Å². The molecule has 0 fully saturated rings. The monoisotopic (exact) mass is 391 g/mol. The van der Waals surface area contributed by atoms with Gasteiger partial charge in [0.1, 0.15) is 11.3 Å². The predicted octanol–water partition coefficient (Wildman–Crippen LogP) is 3.27. The third kappa shape index (κ3) is 3.15. The van der Waals surface area contributed by atoms with Crippen molar-refractivity contribution in [2.45, 2.75) is 6.18 Å². The third-order valence-corrected chi connectivity index (χ3v) is 4.17. The standard InChI is InChI=1S/C13H5ClF3N3O4S/c14-4-2-1-3-5-6(4)8(21)7(10(23)24-5)9(22)18-12-20-19-11(25-12)13(15,16)17/h1-3,21H,(H,18,20,22). The first-order valence-electron chi connectivity index (χ1n) is 6.35. The molecule has 12 heteroatoms. The highest BCUT2D eigenvalue weighted by Gasteiger charge is 2.36. The van der Waals surface area contributed by atoms with Crippen molar-refractivity contribution in [1.29, 1.82) is 0 Å². The minimum atomic E-state index is -4.72. The zero-order chi connectivity index (χ0) is 18.4. The molecule has 1 amide bonds. The van der Waals surface area contributed by atoms with Gasteiger partial charge in [-0.25, -0.2) is 4.79 Å². The van der Waals surface area contributed by atoms with Crippen LogP contribution in [0.5, 0.6) is 5.75 Å². The van der Waals surface area contributed by atoms with Crippen LogP contribution in [-0.2, 0) is 6.18 Å². The lowest BCUT2D eigenvalue weighted by Crippen LogP contribution is -2.21. The highest BCUT2D eigenvalue weighted by atomic mass is 35.5. The van der Waals surface area contributed by atoms with E-state index < -0.39 is 39.2 Å². The van der Waals surface area contributed by atoms with E-state index in [2.05, 4.69) is 10.2 Å². The summed E-state index contributed by atoms with van der Waals surface area (Å²) in [6.45, 7) is 0. The van der Waals surface area contributed by atoms with Crippen molar-refractivity contribution < 1.29 is 27.5 Å². The minimum absolute atomic E-state index is 0.0167. The van der Waals surface area contributed by atoms with Crippen LogP contribution < -0.4 is 10.9 Å². The Bertz CT molecular complexity index is 1050. The van der Waals surface area contributed by atoms with E-state index in [1.54, 1.807) is 0 Å².